The maximum atomic E-state index is 13.9. The molecule has 1 aromatic rings. The number of anilines is 1. The van der Waals surface area contributed by atoms with Gasteiger partial charge in [0.1, 0.15) is 11.6 Å². The zero-order valence-corrected chi connectivity index (χ0v) is 9.56. The first-order chi connectivity index (χ1) is 8.61. The molecular weight excluding hydrogens is 235 g/mol. The Bertz CT molecular complexity index is 569. The van der Waals surface area contributed by atoms with E-state index < -0.39 is 17.3 Å². The van der Waals surface area contributed by atoms with Gasteiger partial charge in [0.2, 0.25) is 0 Å². The van der Waals surface area contributed by atoms with E-state index in [-0.39, 0.29) is 5.56 Å². The van der Waals surface area contributed by atoms with Gasteiger partial charge in [0.25, 0.3) is 0 Å². The maximum absolute atomic E-state index is 13.9. The van der Waals surface area contributed by atoms with Crippen LogP contribution in [-0.4, -0.2) is 24.2 Å². The molecule has 2 fully saturated rings. The van der Waals surface area contributed by atoms with E-state index in [9.17, 15) is 9.18 Å². The van der Waals surface area contributed by atoms with Crippen LogP contribution in [0.4, 0.5) is 10.1 Å². The Balaban J connectivity index is 2.02. The van der Waals surface area contributed by atoms with Gasteiger partial charge in [-0.1, -0.05) is 0 Å². The van der Waals surface area contributed by atoms with Crippen LogP contribution in [0.15, 0.2) is 12.1 Å². The first-order valence-corrected chi connectivity index (χ1v) is 5.82. The number of benzene rings is 1. The van der Waals surface area contributed by atoms with Gasteiger partial charge in [-0.2, -0.15) is 5.26 Å². The molecule has 3 rings (SSSR count). The fraction of sp³-hybridized carbons (Fsp3) is 0.385. The minimum absolute atomic E-state index is 0.156. The van der Waals surface area contributed by atoms with Crippen molar-refractivity contribution in [2.75, 3.05) is 18.0 Å². The number of aromatic carboxylic acids is 1. The lowest BCUT2D eigenvalue weighted by molar-refractivity contribution is 0.0692. The Labute approximate surface area is 103 Å². The van der Waals surface area contributed by atoms with Crippen LogP contribution in [0.25, 0.3) is 0 Å². The Morgan fingerprint density at radius 2 is 2.11 bits per heavy atom. The van der Waals surface area contributed by atoms with Crippen molar-refractivity contribution < 1.29 is 14.3 Å². The number of hydrogen-bond donors (Lipinski definition) is 1. The van der Waals surface area contributed by atoms with Crippen LogP contribution >= 0.6 is 0 Å². The van der Waals surface area contributed by atoms with Crippen molar-refractivity contribution in [1.29, 1.82) is 5.26 Å². The van der Waals surface area contributed by atoms with Crippen molar-refractivity contribution in [3.05, 3.63) is 29.1 Å². The lowest BCUT2D eigenvalue weighted by Crippen LogP contribution is -2.23. The van der Waals surface area contributed by atoms with E-state index in [4.69, 9.17) is 10.4 Å². The molecule has 1 heterocycles. The van der Waals surface area contributed by atoms with E-state index in [0.29, 0.717) is 17.5 Å². The van der Waals surface area contributed by atoms with Gasteiger partial charge in [0.05, 0.1) is 11.3 Å². The van der Waals surface area contributed by atoms with Crippen LogP contribution in [0.3, 0.4) is 0 Å². The molecule has 1 aliphatic heterocycles. The molecule has 1 aliphatic carbocycles. The quantitative estimate of drug-likeness (QED) is 0.864. The van der Waals surface area contributed by atoms with Gasteiger partial charge in [-0.25, -0.2) is 9.18 Å². The lowest BCUT2D eigenvalue weighted by atomic mass is 10.1. The molecule has 0 radical (unpaired) electrons. The minimum atomic E-state index is -1.35. The number of nitriles is 1. The highest BCUT2D eigenvalue weighted by molar-refractivity contribution is 5.89. The van der Waals surface area contributed by atoms with Gasteiger partial charge in [-0.05, 0) is 30.4 Å². The standard InChI is InChI=1S/C13H11FN2O2/c14-12-9(13(17)18)1-2-11(10(12)4-15)16-5-7-3-8(7)6-16/h1-2,7-8H,3,5-6H2,(H,17,18). The fourth-order valence-electron chi connectivity index (χ4n) is 2.70. The monoisotopic (exact) mass is 246 g/mol. The van der Waals surface area contributed by atoms with Crippen molar-refractivity contribution in [2.45, 2.75) is 6.42 Å². The number of rotatable bonds is 2. The molecule has 1 N–H and O–H groups in total. The molecule has 2 atom stereocenters. The first kappa shape index (κ1) is 11.0. The van der Waals surface area contributed by atoms with Gasteiger partial charge in [-0.15, -0.1) is 0 Å². The summed E-state index contributed by atoms with van der Waals surface area (Å²) in [6.07, 6.45) is 1.22. The number of halogens is 1. The molecule has 0 bridgehead atoms. The largest absolute Gasteiger partial charge is 0.478 e. The number of carbonyl (C=O) groups is 1. The second kappa shape index (κ2) is 3.70. The number of piperidine rings is 1. The Morgan fingerprint density at radius 3 is 2.67 bits per heavy atom. The van der Waals surface area contributed by atoms with Gasteiger partial charge < -0.3 is 10.0 Å². The molecule has 92 valence electrons. The summed E-state index contributed by atoms with van der Waals surface area (Å²) in [5, 5.41) is 17.9. The molecule has 5 heteroatoms. The highest BCUT2D eigenvalue weighted by atomic mass is 19.1. The summed E-state index contributed by atoms with van der Waals surface area (Å²) in [6, 6.07) is 4.56. The van der Waals surface area contributed by atoms with Gasteiger partial charge in [0.15, 0.2) is 5.82 Å². The molecule has 0 amide bonds. The predicted molar refractivity (Wildman–Crippen MR) is 61.9 cm³/mol. The van der Waals surface area contributed by atoms with Crippen molar-refractivity contribution in [3.63, 3.8) is 0 Å². The Kier molecular flexibility index (Phi) is 2.27. The van der Waals surface area contributed by atoms with Crippen LogP contribution in [0.1, 0.15) is 22.3 Å². The van der Waals surface area contributed by atoms with Crippen LogP contribution < -0.4 is 4.90 Å². The predicted octanol–water partition coefficient (Wildman–Crippen LogP) is 1.85. The number of carboxylic acid groups (broad SMARTS) is 1. The molecule has 1 saturated carbocycles. The van der Waals surface area contributed by atoms with E-state index >= 15 is 0 Å². The molecule has 18 heavy (non-hydrogen) atoms. The second-order valence-corrected chi connectivity index (χ2v) is 4.90. The number of fused-ring (bicyclic) bond motifs is 1. The summed E-state index contributed by atoms with van der Waals surface area (Å²) in [4.78, 5) is 12.8. The van der Waals surface area contributed by atoms with E-state index in [2.05, 4.69) is 0 Å². The van der Waals surface area contributed by atoms with Gasteiger partial charge in [-0.3, -0.25) is 0 Å². The van der Waals surface area contributed by atoms with E-state index in [1.54, 1.807) is 6.07 Å². The summed E-state index contributed by atoms with van der Waals surface area (Å²) >= 11 is 0. The van der Waals surface area contributed by atoms with Crippen LogP contribution in [-0.2, 0) is 0 Å². The summed E-state index contributed by atoms with van der Waals surface area (Å²) < 4.78 is 13.9. The number of carboxylic acids is 1. The zero-order valence-electron chi connectivity index (χ0n) is 9.56. The van der Waals surface area contributed by atoms with E-state index in [1.807, 2.05) is 4.90 Å². The summed E-state index contributed by atoms with van der Waals surface area (Å²) in [7, 11) is 0. The maximum Gasteiger partial charge on any atom is 0.338 e. The van der Waals surface area contributed by atoms with Crippen LogP contribution in [0, 0.1) is 29.0 Å². The smallest absolute Gasteiger partial charge is 0.338 e. The van der Waals surface area contributed by atoms with Crippen molar-refractivity contribution >= 4 is 11.7 Å². The highest BCUT2D eigenvalue weighted by Crippen LogP contribution is 2.47. The first-order valence-electron chi connectivity index (χ1n) is 5.82. The third-order valence-electron chi connectivity index (χ3n) is 3.78. The van der Waals surface area contributed by atoms with Crippen LogP contribution in [0.2, 0.25) is 0 Å². The SMILES string of the molecule is N#Cc1c(N2CC3CC3C2)ccc(C(=O)O)c1F. The summed E-state index contributed by atoms with van der Waals surface area (Å²) in [5.74, 6) is -0.944. The van der Waals surface area contributed by atoms with Gasteiger partial charge >= 0.3 is 5.97 Å². The third kappa shape index (κ3) is 1.53. The normalized spacial score (nSPS) is 24.6. The van der Waals surface area contributed by atoms with E-state index in [0.717, 1.165) is 13.1 Å². The van der Waals surface area contributed by atoms with Crippen molar-refractivity contribution in [1.82, 2.24) is 0 Å². The molecule has 2 unspecified atom stereocenters. The molecule has 1 aromatic carbocycles. The Hall–Kier alpha value is -2.09. The highest BCUT2D eigenvalue weighted by Gasteiger charge is 2.45. The molecular formula is C13H11FN2O2. The van der Waals surface area contributed by atoms with Crippen molar-refractivity contribution in [2.24, 2.45) is 11.8 Å². The molecule has 2 aliphatic rings. The molecule has 0 spiro atoms. The molecule has 4 nitrogen and oxygen atoms in total. The lowest BCUT2D eigenvalue weighted by Gasteiger charge is -2.21. The fourth-order valence-corrected chi connectivity index (χ4v) is 2.70. The second-order valence-electron chi connectivity index (χ2n) is 4.90. The Morgan fingerprint density at radius 1 is 1.44 bits per heavy atom. The minimum Gasteiger partial charge on any atom is -0.478 e. The molecule has 1 saturated heterocycles. The molecule has 0 aromatic heterocycles. The summed E-state index contributed by atoms with van der Waals surface area (Å²) in [5.41, 5.74) is -0.0805. The third-order valence-corrected chi connectivity index (χ3v) is 3.78. The van der Waals surface area contributed by atoms with Crippen LogP contribution in [0.5, 0.6) is 0 Å². The van der Waals surface area contributed by atoms with E-state index in [1.165, 1.54) is 18.6 Å². The number of nitrogens with zero attached hydrogens (tertiary/aromatic N) is 2. The van der Waals surface area contributed by atoms with Gasteiger partial charge in [0, 0.05) is 13.1 Å². The average molecular weight is 246 g/mol. The average Bonchev–Trinajstić information content (AvgIpc) is 2.95. The zero-order chi connectivity index (χ0) is 12.9. The number of hydrogen-bond acceptors (Lipinski definition) is 3. The van der Waals surface area contributed by atoms with Crippen molar-refractivity contribution in [3.8, 4) is 6.07 Å². The topological polar surface area (TPSA) is 64.3 Å². The summed E-state index contributed by atoms with van der Waals surface area (Å²) in [6.45, 7) is 1.68.